The van der Waals surface area contributed by atoms with E-state index in [1.165, 1.54) is 4.57 Å². The number of H-pyrrole nitrogens is 1. The van der Waals surface area contributed by atoms with E-state index in [2.05, 4.69) is 15.0 Å². The number of rotatable bonds is 3. The second kappa shape index (κ2) is 7.33. The highest BCUT2D eigenvalue weighted by atomic mass is 32.1. The van der Waals surface area contributed by atoms with E-state index < -0.39 is 0 Å². The number of aromatic amines is 1. The Labute approximate surface area is 166 Å². The number of aromatic nitrogens is 3. The molecular weight excluding hydrogens is 378 g/mol. The van der Waals surface area contributed by atoms with Crippen LogP contribution in [0.15, 0.2) is 33.6 Å². The molecule has 1 amide bonds. The van der Waals surface area contributed by atoms with Gasteiger partial charge in [0, 0.05) is 44.9 Å². The highest BCUT2D eigenvalue weighted by molar-refractivity contribution is 7.71. The van der Waals surface area contributed by atoms with Gasteiger partial charge in [-0.1, -0.05) is 5.16 Å². The molecule has 1 aliphatic rings. The van der Waals surface area contributed by atoms with Crippen molar-refractivity contribution in [1.82, 2.24) is 24.5 Å². The molecule has 2 aromatic heterocycles. The molecule has 0 bridgehead atoms. The Morgan fingerprint density at radius 1 is 1.25 bits per heavy atom. The molecule has 1 N–H and O–H groups in total. The number of nitrogens with one attached hydrogen (secondary N) is 1. The Morgan fingerprint density at radius 3 is 2.68 bits per heavy atom. The van der Waals surface area contributed by atoms with Crippen molar-refractivity contribution in [2.75, 3.05) is 26.2 Å². The fourth-order valence-electron chi connectivity index (χ4n) is 3.44. The number of nitrogens with zero attached hydrogens (tertiary/aromatic N) is 4. The van der Waals surface area contributed by atoms with Crippen LogP contribution in [0.2, 0.25) is 0 Å². The molecule has 0 aliphatic carbocycles. The van der Waals surface area contributed by atoms with Crippen LogP contribution in [0, 0.1) is 11.7 Å². The van der Waals surface area contributed by atoms with Crippen molar-refractivity contribution in [3.05, 3.63) is 56.4 Å². The summed E-state index contributed by atoms with van der Waals surface area (Å²) < 4.78 is 6.98. The van der Waals surface area contributed by atoms with Gasteiger partial charge in [-0.05, 0) is 37.3 Å². The van der Waals surface area contributed by atoms with Crippen LogP contribution in [0.25, 0.3) is 10.9 Å². The predicted octanol–water partition coefficient (Wildman–Crippen LogP) is 1.85. The van der Waals surface area contributed by atoms with Crippen molar-refractivity contribution in [1.29, 1.82) is 0 Å². The van der Waals surface area contributed by atoms with Gasteiger partial charge in [-0.2, -0.15) is 0 Å². The van der Waals surface area contributed by atoms with Crippen LogP contribution in [-0.4, -0.2) is 56.6 Å². The molecule has 0 saturated carbocycles. The van der Waals surface area contributed by atoms with Gasteiger partial charge in [0.1, 0.15) is 0 Å². The van der Waals surface area contributed by atoms with Crippen molar-refractivity contribution < 1.29 is 9.32 Å². The fraction of sp³-hybridized carbons (Fsp3) is 0.368. The second-order valence-electron chi connectivity index (χ2n) is 7.06. The van der Waals surface area contributed by atoms with E-state index in [9.17, 15) is 9.59 Å². The third kappa shape index (κ3) is 3.50. The lowest BCUT2D eigenvalue weighted by Crippen LogP contribution is -2.48. The molecule has 1 fully saturated rings. The van der Waals surface area contributed by atoms with E-state index in [0.29, 0.717) is 40.9 Å². The summed E-state index contributed by atoms with van der Waals surface area (Å²) in [4.78, 5) is 32.3. The molecule has 1 saturated heterocycles. The van der Waals surface area contributed by atoms with E-state index in [0.717, 1.165) is 24.5 Å². The maximum atomic E-state index is 12.9. The monoisotopic (exact) mass is 399 g/mol. The largest absolute Gasteiger partial charge is 0.360 e. The molecule has 8 nitrogen and oxygen atoms in total. The third-order valence-electron chi connectivity index (χ3n) is 5.06. The Hall–Kier alpha value is -2.78. The molecule has 0 radical (unpaired) electrons. The minimum atomic E-state index is -0.172. The van der Waals surface area contributed by atoms with Gasteiger partial charge in [-0.15, -0.1) is 0 Å². The van der Waals surface area contributed by atoms with Crippen molar-refractivity contribution in [3.63, 3.8) is 0 Å². The maximum absolute atomic E-state index is 12.9. The summed E-state index contributed by atoms with van der Waals surface area (Å²) in [5, 5.41) is 4.42. The highest BCUT2D eigenvalue weighted by Gasteiger charge is 2.23. The summed E-state index contributed by atoms with van der Waals surface area (Å²) in [6, 6.07) is 7.02. The van der Waals surface area contributed by atoms with E-state index in [1.54, 1.807) is 25.2 Å². The molecule has 4 rings (SSSR count). The summed E-state index contributed by atoms with van der Waals surface area (Å²) in [6.07, 6.45) is 0. The molecule has 146 valence electrons. The number of hydrogen-bond donors (Lipinski definition) is 1. The van der Waals surface area contributed by atoms with Crippen LogP contribution in [0.5, 0.6) is 0 Å². The first-order chi connectivity index (χ1) is 13.4. The minimum absolute atomic E-state index is 0.0444. The van der Waals surface area contributed by atoms with Crippen LogP contribution < -0.4 is 5.56 Å². The first kappa shape index (κ1) is 18.6. The summed E-state index contributed by atoms with van der Waals surface area (Å²) in [5.41, 5.74) is 1.83. The van der Waals surface area contributed by atoms with Gasteiger partial charge in [0.05, 0.1) is 23.1 Å². The van der Waals surface area contributed by atoms with Crippen LogP contribution >= 0.6 is 12.2 Å². The smallest absolute Gasteiger partial charge is 0.261 e. The number of benzene rings is 1. The zero-order valence-corrected chi connectivity index (χ0v) is 16.6. The number of fused-ring (bicyclic) bond motifs is 1. The summed E-state index contributed by atoms with van der Waals surface area (Å²) >= 11 is 5.16. The van der Waals surface area contributed by atoms with Gasteiger partial charge in [0.2, 0.25) is 0 Å². The van der Waals surface area contributed by atoms with Gasteiger partial charge in [0.25, 0.3) is 11.5 Å². The first-order valence-electron chi connectivity index (χ1n) is 9.09. The summed E-state index contributed by atoms with van der Waals surface area (Å²) in [5.74, 6) is 0.792. The SMILES string of the molecule is Cc1cc(CN2CCN(C(=O)c3ccc4c(=O)n(C)c(=S)[nH]c4c3)CC2)on1. The molecule has 3 aromatic rings. The zero-order chi connectivity index (χ0) is 19.8. The van der Waals surface area contributed by atoms with Crippen molar-refractivity contribution in [2.24, 2.45) is 7.05 Å². The third-order valence-corrected chi connectivity index (χ3v) is 5.44. The second-order valence-corrected chi connectivity index (χ2v) is 7.44. The Balaban J connectivity index is 1.47. The minimum Gasteiger partial charge on any atom is -0.360 e. The molecule has 3 heterocycles. The fourth-order valence-corrected chi connectivity index (χ4v) is 3.63. The predicted molar refractivity (Wildman–Crippen MR) is 107 cm³/mol. The van der Waals surface area contributed by atoms with Gasteiger partial charge in [-0.25, -0.2) is 0 Å². The Morgan fingerprint density at radius 2 is 2.00 bits per heavy atom. The van der Waals surface area contributed by atoms with Gasteiger partial charge < -0.3 is 14.4 Å². The number of amides is 1. The van der Waals surface area contributed by atoms with Gasteiger partial charge >= 0.3 is 0 Å². The number of hydrogen-bond acceptors (Lipinski definition) is 6. The number of aryl methyl sites for hydroxylation is 1. The van der Waals surface area contributed by atoms with Crippen LogP contribution in [0.3, 0.4) is 0 Å². The maximum Gasteiger partial charge on any atom is 0.261 e. The average Bonchev–Trinajstić information content (AvgIpc) is 3.10. The van der Waals surface area contributed by atoms with Crippen molar-refractivity contribution in [2.45, 2.75) is 13.5 Å². The molecule has 9 heteroatoms. The lowest BCUT2D eigenvalue weighted by Gasteiger charge is -2.34. The lowest BCUT2D eigenvalue weighted by molar-refractivity contribution is 0.0617. The Bertz CT molecular complexity index is 1150. The lowest BCUT2D eigenvalue weighted by atomic mass is 10.1. The van der Waals surface area contributed by atoms with E-state index in [4.69, 9.17) is 16.7 Å². The molecule has 1 aliphatic heterocycles. The van der Waals surface area contributed by atoms with Gasteiger partial charge in [-0.3, -0.25) is 19.1 Å². The standard InChI is InChI=1S/C19H21N5O3S/c1-12-9-14(27-21-12)11-23-5-7-24(8-6-23)17(25)13-3-4-15-16(10-13)20-19(28)22(2)18(15)26/h3-4,9-10H,5-8,11H2,1-2H3,(H,20,28). The quantitative estimate of drug-likeness (QED) is 0.677. The number of piperazine rings is 1. The first-order valence-corrected chi connectivity index (χ1v) is 9.50. The molecule has 28 heavy (non-hydrogen) atoms. The van der Waals surface area contributed by atoms with Crippen LogP contribution in [-0.2, 0) is 13.6 Å². The summed E-state index contributed by atoms with van der Waals surface area (Å²) in [6.45, 7) is 5.39. The van der Waals surface area contributed by atoms with E-state index in [1.807, 2.05) is 17.9 Å². The topological polar surface area (TPSA) is 87.4 Å². The highest BCUT2D eigenvalue weighted by Crippen LogP contribution is 2.15. The average molecular weight is 399 g/mol. The van der Waals surface area contributed by atoms with Crippen molar-refractivity contribution in [3.8, 4) is 0 Å². The van der Waals surface area contributed by atoms with E-state index >= 15 is 0 Å². The van der Waals surface area contributed by atoms with E-state index in [-0.39, 0.29) is 11.5 Å². The zero-order valence-electron chi connectivity index (χ0n) is 15.8. The number of carbonyl (C=O) groups excluding carboxylic acids is 1. The van der Waals surface area contributed by atoms with Gasteiger partial charge in [0.15, 0.2) is 10.5 Å². The molecule has 1 aromatic carbocycles. The normalized spacial score (nSPS) is 15.3. The molecule has 0 spiro atoms. The molecular formula is C19H21N5O3S. The summed E-state index contributed by atoms with van der Waals surface area (Å²) in [7, 11) is 1.62. The molecule has 0 unspecified atom stereocenters. The van der Waals surface area contributed by atoms with Crippen molar-refractivity contribution >= 4 is 29.0 Å². The van der Waals surface area contributed by atoms with Crippen LogP contribution in [0.4, 0.5) is 0 Å². The van der Waals surface area contributed by atoms with Crippen LogP contribution in [0.1, 0.15) is 21.8 Å². The number of carbonyl (C=O) groups is 1. The molecule has 0 atom stereocenters. The Kier molecular flexibility index (Phi) is 4.86.